The van der Waals surface area contributed by atoms with Gasteiger partial charge >= 0.3 is 0 Å². The summed E-state index contributed by atoms with van der Waals surface area (Å²) in [5.74, 6) is -0.585. The molecule has 1 atom stereocenters. The van der Waals surface area contributed by atoms with Crippen LogP contribution >= 0.6 is 11.8 Å². The van der Waals surface area contributed by atoms with Gasteiger partial charge in [-0.3, -0.25) is 15.0 Å². The first kappa shape index (κ1) is 21.9. The molecule has 1 aliphatic heterocycles. The molecule has 2 amide bonds. The number of nitrogens with zero attached hydrogens (tertiary/aromatic N) is 4. The van der Waals surface area contributed by atoms with Crippen LogP contribution in [0.2, 0.25) is 0 Å². The highest BCUT2D eigenvalue weighted by atomic mass is 32.2. The van der Waals surface area contributed by atoms with Crippen LogP contribution in [0.3, 0.4) is 0 Å². The van der Waals surface area contributed by atoms with E-state index in [-0.39, 0.29) is 23.7 Å². The van der Waals surface area contributed by atoms with Crippen LogP contribution in [0.4, 0.5) is 0 Å². The van der Waals surface area contributed by atoms with Crippen LogP contribution in [0.15, 0.2) is 77.7 Å². The number of amides is 2. The van der Waals surface area contributed by atoms with E-state index in [0.29, 0.717) is 10.4 Å². The molecule has 0 saturated carbocycles. The molecule has 1 aliphatic rings. The van der Waals surface area contributed by atoms with Crippen molar-refractivity contribution in [2.75, 3.05) is 0 Å². The van der Waals surface area contributed by atoms with Crippen molar-refractivity contribution >= 4 is 40.7 Å². The van der Waals surface area contributed by atoms with Gasteiger partial charge in [-0.15, -0.1) is 5.10 Å². The smallest absolute Gasteiger partial charge is 0.271 e. The number of hydrazine groups is 1. The van der Waals surface area contributed by atoms with E-state index in [4.69, 9.17) is 0 Å². The molecule has 0 radical (unpaired) electrons. The van der Waals surface area contributed by atoms with Crippen LogP contribution in [0.5, 0.6) is 0 Å². The quantitative estimate of drug-likeness (QED) is 0.439. The van der Waals surface area contributed by atoms with E-state index < -0.39 is 0 Å². The number of hydrogen-bond donors (Lipinski definition) is 1. The van der Waals surface area contributed by atoms with E-state index in [1.807, 2.05) is 92.7 Å². The van der Waals surface area contributed by atoms with Gasteiger partial charge in [0.1, 0.15) is 17.4 Å². The average molecular weight is 470 g/mol. The van der Waals surface area contributed by atoms with Crippen molar-refractivity contribution in [1.29, 1.82) is 0 Å². The van der Waals surface area contributed by atoms with Crippen LogP contribution < -0.4 is 5.43 Å². The Hall–Kier alpha value is -3.91. The van der Waals surface area contributed by atoms with Gasteiger partial charge in [0.05, 0.1) is 10.4 Å². The third-order valence-electron chi connectivity index (χ3n) is 5.79. The fourth-order valence-corrected chi connectivity index (χ4v) is 5.23. The lowest BCUT2D eigenvalue weighted by atomic mass is 10.1. The number of para-hydroxylation sites is 1. The number of aryl methyl sites for hydroxylation is 2. The number of thioether (sulfide) groups is 1. The van der Waals surface area contributed by atoms with Crippen molar-refractivity contribution in [3.8, 4) is 0 Å². The van der Waals surface area contributed by atoms with Crippen LogP contribution in [0.1, 0.15) is 27.6 Å². The first-order valence-electron chi connectivity index (χ1n) is 10.9. The molecule has 0 aliphatic carbocycles. The predicted molar refractivity (Wildman–Crippen MR) is 133 cm³/mol. The van der Waals surface area contributed by atoms with Gasteiger partial charge < -0.3 is 0 Å². The lowest BCUT2D eigenvalue weighted by Crippen LogP contribution is -2.45. The highest BCUT2D eigenvalue weighted by molar-refractivity contribution is 8.04. The Morgan fingerprint density at radius 1 is 1.00 bits per heavy atom. The van der Waals surface area contributed by atoms with Gasteiger partial charge in [-0.25, -0.2) is 9.69 Å². The zero-order chi connectivity index (χ0) is 23.7. The summed E-state index contributed by atoms with van der Waals surface area (Å²) in [7, 11) is 0. The van der Waals surface area contributed by atoms with Gasteiger partial charge in [-0.2, -0.15) is 0 Å². The highest BCUT2D eigenvalue weighted by Crippen LogP contribution is 2.46. The maximum Gasteiger partial charge on any atom is 0.280 e. The van der Waals surface area contributed by atoms with Crippen molar-refractivity contribution < 1.29 is 9.59 Å². The molecule has 170 valence electrons. The zero-order valence-electron chi connectivity index (χ0n) is 18.8. The van der Waals surface area contributed by atoms with Crippen LogP contribution in [-0.2, 0) is 16.1 Å². The number of carbonyl (C=O) groups excluding carboxylic acids is 2. The fourth-order valence-electron chi connectivity index (χ4n) is 3.95. The maximum absolute atomic E-state index is 13.5. The van der Waals surface area contributed by atoms with E-state index in [1.165, 1.54) is 21.5 Å². The Morgan fingerprint density at radius 2 is 1.71 bits per heavy atom. The van der Waals surface area contributed by atoms with E-state index in [2.05, 4.69) is 15.7 Å². The average Bonchev–Trinajstić information content (AvgIpc) is 3.37. The van der Waals surface area contributed by atoms with Gasteiger partial charge in [0.25, 0.3) is 11.8 Å². The molecule has 1 saturated heterocycles. The minimum absolute atomic E-state index is 0.0493. The van der Waals surface area contributed by atoms with Crippen molar-refractivity contribution in [3.05, 3.63) is 100.0 Å². The summed E-state index contributed by atoms with van der Waals surface area (Å²) >= 11 is 1.44. The first-order chi connectivity index (χ1) is 16.5. The molecule has 7 nitrogen and oxygen atoms in total. The molecule has 0 spiro atoms. The molecule has 1 unspecified atom stereocenters. The Balaban J connectivity index is 1.45. The first-order valence-corrected chi connectivity index (χ1v) is 11.8. The summed E-state index contributed by atoms with van der Waals surface area (Å²) in [6.45, 7) is 3.97. The maximum atomic E-state index is 13.5. The summed E-state index contributed by atoms with van der Waals surface area (Å²) in [6.07, 6.45) is 1.89. The zero-order valence-corrected chi connectivity index (χ0v) is 19.6. The molecule has 34 heavy (non-hydrogen) atoms. The molecular formula is C26H23N5O2S. The molecular weight excluding hydrogens is 446 g/mol. The number of nitrogens with one attached hydrogen (secondary N) is 1. The Bertz CT molecular complexity index is 1430. The normalized spacial score (nSPS) is 17.0. The Labute approximate surface area is 201 Å². The van der Waals surface area contributed by atoms with Gasteiger partial charge in [0.2, 0.25) is 0 Å². The number of benzene rings is 3. The van der Waals surface area contributed by atoms with Gasteiger partial charge in [0.15, 0.2) is 0 Å². The SMILES string of the molecule is Cc1ccccc1/C=C1\SC(c2ccccc2C)N(NC(=O)Cn2nnc3ccccc32)C1=O. The third kappa shape index (κ3) is 4.20. The minimum Gasteiger partial charge on any atom is -0.271 e. The lowest BCUT2D eigenvalue weighted by molar-refractivity contribution is -0.138. The summed E-state index contributed by atoms with van der Waals surface area (Å²) in [4.78, 5) is 27.0. The number of fused-ring (bicyclic) bond motifs is 1. The highest BCUT2D eigenvalue weighted by Gasteiger charge is 2.39. The van der Waals surface area contributed by atoms with Gasteiger partial charge in [-0.05, 0) is 54.3 Å². The minimum atomic E-state index is -0.375. The van der Waals surface area contributed by atoms with E-state index in [0.717, 1.165) is 27.8 Å². The Kier molecular flexibility index (Phi) is 5.90. The van der Waals surface area contributed by atoms with E-state index >= 15 is 0 Å². The third-order valence-corrected chi connectivity index (χ3v) is 7.03. The topological polar surface area (TPSA) is 80.1 Å². The summed E-state index contributed by atoms with van der Waals surface area (Å²) in [5, 5.41) is 9.24. The number of hydrogen-bond acceptors (Lipinski definition) is 5. The second-order valence-corrected chi connectivity index (χ2v) is 9.26. The molecule has 1 fully saturated rings. The lowest BCUT2D eigenvalue weighted by Gasteiger charge is -2.25. The summed E-state index contributed by atoms with van der Waals surface area (Å²) < 4.78 is 1.53. The predicted octanol–water partition coefficient (Wildman–Crippen LogP) is 4.39. The number of aromatic nitrogens is 3. The van der Waals surface area contributed by atoms with E-state index in [9.17, 15) is 9.59 Å². The van der Waals surface area contributed by atoms with Crippen LogP contribution in [-0.4, -0.2) is 31.8 Å². The van der Waals surface area contributed by atoms with Gasteiger partial charge in [0, 0.05) is 0 Å². The number of rotatable bonds is 5. The Morgan fingerprint density at radius 3 is 2.50 bits per heavy atom. The fraction of sp³-hybridized carbons (Fsp3) is 0.154. The largest absolute Gasteiger partial charge is 0.280 e. The molecule has 4 aromatic rings. The standard InChI is InChI=1S/C26H23N5O2S/c1-17-9-3-5-11-19(17)15-23-25(33)31(26(34-23)20-12-6-4-10-18(20)2)28-24(32)16-30-22-14-8-7-13-21(22)27-29-30/h3-15,26H,16H2,1-2H3,(H,28,32)/b23-15-. The second-order valence-electron chi connectivity index (χ2n) is 8.14. The van der Waals surface area contributed by atoms with Crippen molar-refractivity contribution in [1.82, 2.24) is 25.4 Å². The van der Waals surface area contributed by atoms with E-state index in [1.54, 1.807) is 0 Å². The second kappa shape index (κ2) is 9.15. The molecule has 3 aromatic carbocycles. The molecule has 1 aromatic heterocycles. The molecule has 5 rings (SSSR count). The molecule has 2 heterocycles. The van der Waals surface area contributed by atoms with Crippen molar-refractivity contribution in [3.63, 3.8) is 0 Å². The van der Waals surface area contributed by atoms with Gasteiger partial charge in [-0.1, -0.05) is 77.6 Å². The van der Waals surface area contributed by atoms with Crippen molar-refractivity contribution in [2.45, 2.75) is 25.8 Å². The molecule has 1 N–H and O–H groups in total. The van der Waals surface area contributed by atoms with Crippen molar-refractivity contribution in [2.24, 2.45) is 0 Å². The summed E-state index contributed by atoms with van der Waals surface area (Å²) in [6, 6.07) is 23.3. The van der Waals surface area contributed by atoms with Crippen LogP contribution in [0.25, 0.3) is 17.1 Å². The summed E-state index contributed by atoms with van der Waals surface area (Å²) in [5.41, 5.74) is 8.38. The number of carbonyl (C=O) groups is 2. The monoisotopic (exact) mass is 469 g/mol. The molecule has 0 bridgehead atoms. The van der Waals surface area contributed by atoms with Crippen LogP contribution in [0, 0.1) is 13.8 Å². The molecule has 8 heteroatoms.